The highest BCUT2D eigenvalue weighted by atomic mass is 16.2. The van der Waals surface area contributed by atoms with Crippen molar-refractivity contribution in [1.82, 2.24) is 15.1 Å². The number of urea groups is 1. The zero-order valence-corrected chi connectivity index (χ0v) is 15.9. The molecule has 27 heavy (non-hydrogen) atoms. The van der Waals surface area contributed by atoms with Gasteiger partial charge in [-0.2, -0.15) is 0 Å². The van der Waals surface area contributed by atoms with Crippen LogP contribution in [0.2, 0.25) is 0 Å². The molecule has 1 aliphatic carbocycles. The molecule has 1 heterocycles. The molecule has 4 heteroatoms. The van der Waals surface area contributed by atoms with Gasteiger partial charge in [-0.05, 0) is 42.4 Å². The van der Waals surface area contributed by atoms with Crippen LogP contribution in [-0.4, -0.2) is 42.0 Å². The summed E-state index contributed by atoms with van der Waals surface area (Å²) in [7, 11) is 0. The van der Waals surface area contributed by atoms with Crippen molar-refractivity contribution in [1.29, 1.82) is 0 Å². The van der Waals surface area contributed by atoms with E-state index in [0.717, 1.165) is 58.4 Å². The van der Waals surface area contributed by atoms with Crippen LogP contribution >= 0.6 is 0 Å². The molecule has 1 unspecified atom stereocenters. The van der Waals surface area contributed by atoms with Crippen molar-refractivity contribution in [3.8, 4) is 0 Å². The summed E-state index contributed by atoms with van der Waals surface area (Å²) in [5, 5.41) is 3.31. The van der Waals surface area contributed by atoms with E-state index in [1.54, 1.807) is 0 Å². The third kappa shape index (κ3) is 4.51. The molecule has 2 aromatic rings. The number of hydrogen-bond donors (Lipinski definition) is 1. The zero-order valence-electron chi connectivity index (χ0n) is 15.9. The standard InChI is InChI=1S/C23H29N3O/c27-23(24-22-13-6-11-20-10-4-5-12-21(20)22)26-15-7-14-25(16-17-26)18-19-8-2-1-3-9-19/h1-5,8-10,12,22H,6-7,11,13-18H2,(H,24,27). The van der Waals surface area contributed by atoms with Gasteiger partial charge in [-0.3, -0.25) is 4.90 Å². The van der Waals surface area contributed by atoms with E-state index in [1.807, 2.05) is 4.90 Å². The first-order chi connectivity index (χ1) is 13.3. The third-order valence-electron chi connectivity index (χ3n) is 5.79. The van der Waals surface area contributed by atoms with Gasteiger partial charge in [-0.25, -0.2) is 4.79 Å². The number of benzene rings is 2. The molecule has 0 radical (unpaired) electrons. The summed E-state index contributed by atoms with van der Waals surface area (Å²) in [6, 6.07) is 19.4. The lowest BCUT2D eigenvalue weighted by atomic mass is 9.88. The van der Waals surface area contributed by atoms with Crippen molar-refractivity contribution in [3.63, 3.8) is 0 Å². The summed E-state index contributed by atoms with van der Waals surface area (Å²) in [6.07, 6.45) is 4.34. The Bertz CT molecular complexity index is 761. The van der Waals surface area contributed by atoms with Crippen molar-refractivity contribution in [2.24, 2.45) is 0 Å². The van der Waals surface area contributed by atoms with Gasteiger partial charge in [-0.15, -0.1) is 0 Å². The van der Waals surface area contributed by atoms with Crippen LogP contribution < -0.4 is 5.32 Å². The van der Waals surface area contributed by atoms with Crippen LogP contribution in [0.3, 0.4) is 0 Å². The first kappa shape index (κ1) is 18.1. The van der Waals surface area contributed by atoms with E-state index in [0.29, 0.717) is 0 Å². The van der Waals surface area contributed by atoms with Crippen molar-refractivity contribution in [3.05, 3.63) is 71.3 Å². The van der Waals surface area contributed by atoms with E-state index < -0.39 is 0 Å². The molecular formula is C23H29N3O. The molecule has 0 spiro atoms. The van der Waals surface area contributed by atoms with Crippen LogP contribution in [0.5, 0.6) is 0 Å². The molecule has 2 aliphatic rings. The largest absolute Gasteiger partial charge is 0.331 e. The summed E-state index contributed by atoms with van der Waals surface area (Å²) in [5.41, 5.74) is 4.03. The topological polar surface area (TPSA) is 35.6 Å². The number of amides is 2. The molecule has 4 rings (SSSR count). The van der Waals surface area contributed by atoms with E-state index in [4.69, 9.17) is 0 Å². The van der Waals surface area contributed by atoms with Gasteiger partial charge in [0.05, 0.1) is 6.04 Å². The van der Waals surface area contributed by atoms with Crippen LogP contribution in [0.15, 0.2) is 54.6 Å². The molecule has 1 aliphatic heterocycles. The van der Waals surface area contributed by atoms with E-state index in [2.05, 4.69) is 64.8 Å². The molecule has 2 aromatic carbocycles. The van der Waals surface area contributed by atoms with Crippen molar-refractivity contribution in [2.45, 2.75) is 38.3 Å². The van der Waals surface area contributed by atoms with Gasteiger partial charge in [0, 0.05) is 32.7 Å². The molecule has 2 amide bonds. The van der Waals surface area contributed by atoms with Crippen molar-refractivity contribution >= 4 is 6.03 Å². The van der Waals surface area contributed by atoms with Gasteiger partial charge in [0.2, 0.25) is 0 Å². The summed E-state index contributed by atoms with van der Waals surface area (Å²) in [6.45, 7) is 4.58. The van der Waals surface area contributed by atoms with E-state index in [-0.39, 0.29) is 12.1 Å². The molecule has 142 valence electrons. The molecule has 0 saturated carbocycles. The molecular weight excluding hydrogens is 334 g/mol. The maximum absolute atomic E-state index is 12.9. The van der Waals surface area contributed by atoms with Gasteiger partial charge in [0.1, 0.15) is 0 Å². The Labute approximate surface area is 162 Å². The normalized spacial score (nSPS) is 20.6. The second-order valence-corrected chi connectivity index (χ2v) is 7.70. The Kier molecular flexibility index (Phi) is 5.73. The minimum Gasteiger partial charge on any atom is -0.331 e. The number of rotatable bonds is 3. The first-order valence-corrected chi connectivity index (χ1v) is 10.2. The minimum atomic E-state index is 0.0956. The smallest absolute Gasteiger partial charge is 0.317 e. The Morgan fingerprint density at radius 1 is 0.926 bits per heavy atom. The lowest BCUT2D eigenvalue weighted by molar-refractivity contribution is 0.192. The second kappa shape index (κ2) is 8.57. The summed E-state index contributed by atoms with van der Waals surface area (Å²) < 4.78 is 0. The van der Waals surface area contributed by atoms with E-state index >= 15 is 0 Å². The van der Waals surface area contributed by atoms with Gasteiger partial charge >= 0.3 is 6.03 Å². The number of carbonyl (C=O) groups is 1. The fraction of sp³-hybridized carbons (Fsp3) is 0.435. The maximum atomic E-state index is 12.9. The highest BCUT2D eigenvalue weighted by Gasteiger charge is 2.25. The Morgan fingerprint density at radius 3 is 2.63 bits per heavy atom. The van der Waals surface area contributed by atoms with Crippen molar-refractivity contribution < 1.29 is 4.79 Å². The SMILES string of the molecule is O=C(NC1CCCc2ccccc21)N1CCCN(Cc2ccccc2)CC1. The molecule has 1 atom stereocenters. The van der Waals surface area contributed by atoms with Gasteiger partial charge in [-0.1, -0.05) is 54.6 Å². The maximum Gasteiger partial charge on any atom is 0.317 e. The number of fused-ring (bicyclic) bond motifs is 1. The predicted molar refractivity (Wildman–Crippen MR) is 109 cm³/mol. The fourth-order valence-electron chi connectivity index (χ4n) is 4.32. The van der Waals surface area contributed by atoms with Crippen LogP contribution in [0.1, 0.15) is 42.0 Å². The molecule has 1 saturated heterocycles. The average Bonchev–Trinajstić information content (AvgIpc) is 2.95. The first-order valence-electron chi connectivity index (χ1n) is 10.2. The van der Waals surface area contributed by atoms with Crippen LogP contribution in [0, 0.1) is 0 Å². The monoisotopic (exact) mass is 363 g/mol. The lowest BCUT2D eigenvalue weighted by Crippen LogP contribution is -2.44. The quantitative estimate of drug-likeness (QED) is 0.895. The van der Waals surface area contributed by atoms with Gasteiger partial charge in [0.25, 0.3) is 0 Å². The van der Waals surface area contributed by atoms with Crippen LogP contribution in [-0.2, 0) is 13.0 Å². The average molecular weight is 364 g/mol. The Balaban J connectivity index is 1.34. The highest BCUT2D eigenvalue weighted by Crippen LogP contribution is 2.29. The lowest BCUT2D eigenvalue weighted by Gasteiger charge is -2.29. The Hall–Kier alpha value is -2.33. The molecule has 1 N–H and O–H groups in total. The molecule has 0 bridgehead atoms. The van der Waals surface area contributed by atoms with E-state index in [9.17, 15) is 4.79 Å². The summed E-state index contributed by atoms with van der Waals surface area (Å²) >= 11 is 0. The Morgan fingerprint density at radius 2 is 1.74 bits per heavy atom. The fourth-order valence-corrected chi connectivity index (χ4v) is 4.32. The molecule has 4 nitrogen and oxygen atoms in total. The molecule has 0 aromatic heterocycles. The number of carbonyl (C=O) groups excluding carboxylic acids is 1. The summed E-state index contributed by atoms with van der Waals surface area (Å²) in [5.74, 6) is 0. The summed E-state index contributed by atoms with van der Waals surface area (Å²) in [4.78, 5) is 17.3. The molecule has 1 fully saturated rings. The zero-order chi connectivity index (χ0) is 18.5. The highest BCUT2D eigenvalue weighted by molar-refractivity contribution is 5.75. The third-order valence-corrected chi connectivity index (χ3v) is 5.79. The van der Waals surface area contributed by atoms with Crippen LogP contribution in [0.4, 0.5) is 4.79 Å². The van der Waals surface area contributed by atoms with Crippen molar-refractivity contribution in [2.75, 3.05) is 26.2 Å². The van der Waals surface area contributed by atoms with Gasteiger partial charge in [0.15, 0.2) is 0 Å². The van der Waals surface area contributed by atoms with Gasteiger partial charge < -0.3 is 10.2 Å². The van der Waals surface area contributed by atoms with Crippen LogP contribution in [0.25, 0.3) is 0 Å². The number of nitrogens with one attached hydrogen (secondary N) is 1. The second-order valence-electron chi connectivity index (χ2n) is 7.70. The minimum absolute atomic E-state index is 0.0956. The predicted octanol–water partition coefficient (Wildman–Crippen LogP) is 3.98. The number of aryl methyl sites for hydroxylation is 1. The number of nitrogens with zero attached hydrogens (tertiary/aromatic N) is 2. The van der Waals surface area contributed by atoms with E-state index in [1.165, 1.54) is 16.7 Å². The number of hydrogen-bond acceptors (Lipinski definition) is 2.